The summed E-state index contributed by atoms with van der Waals surface area (Å²) in [5.41, 5.74) is 0. The van der Waals surface area contributed by atoms with Crippen LogP contribution in [0.15, 0.2) is 0 Å². The first kappa shape index (κ1) is 22.4. The Labute approximate surface area is 142 Å². The molecular weight excluding hydrogens is 314 g/mol. The SMILES string of the molecule is CCCCCCCCCCS(=O)(=O)N[C@H](CCCC)C(=O)OC. The number of carbonyl (C=O) groups is 1. The zero-order valence-electron chi connectivity index (χ0n) is 15.1. The molecule has 1 N–H and O–H groups in total. The highest BCUT2D eigenvalue weighted by molar-refractivity contribution is 7.89. The Bertz CT molecular complexity index is 395. The molecule has 0 rings (SSSR count). The molecule has 0 aromatic heterocycles. The molecule has 0 radical (unpaired) electrons. The van der Waals surface area contributed by atoms with Gasteiger partial charge < -0.3 is 4.74 Å². The van der Waals surface area contributed by atoms with Crippen molar-refractivity contribution in [1.29, 1.82) is 0 Å². The van der Waals surface area contributed by atoms with E-state index in [1.807, 2.05) is 6.92 Å². The lowest BCUT2D eigenvalue weighted by Gasteiger charge is -2.16. The van der Waals surface area contributed by atoms with Crippen LogP contribution in [0.4, 0.5) is 0 Å². The number of sulfonamides is 1. The van der Waals surface area contributed by atoms with E-state index in [0.717, 1.165) is 25.7 Å². The summed E-state index contributed by atoms with van der Waals surface area (Å²) in [7, 11) is -2.13. The zero-order chi connectivity index (χ0) is 17.6. The van der Waals surface area contributed by atoms with Crippen LogP contribution in [0.2, 0.25) is 0 Å². The second-order valence-electron chi connectivity index (χ2n) is 6.13. The minimum absolute atomic E-state index is 0.0849. The smallest absolute Gasteiger partial charge is 0.323 e. The molecule has 0 aromatic carbocycles. The van der Waals surface area contributed by atoms with Crippen LogP contribution in [-0.4, -0.2) is 33.3 Å². The second kappa shape index (κ2) is 13.8. The van der Waals surface area contributed by atoms with E-state index in [0.29, 0.717) is 12.8 Å². The Balaban J connectivity index is 4.02. The normalized spacial score (nSPS) is 13.0. The number of hydrogen-bond acceptors (Lipinski definition) is 4. The van der Waals surface area contributed by atoms with Crippen LogP contribution in [0, 0.1) is 0 Å². The van der Waals surface area contributed by atoms with Crippen molar-refractivity contribution in [3.8, 4) is 0 Å². The highest BCUT2D eigenvalue weighted by Gasteiger charge is 2.24. The maximum atomic E-state index is 12.1. The number of hydrogen-bond donors (Lipinski definition) is 1. The minimum Gasteiger partial charge on any atom is -0.468 e. The van der Waals surface area contributed by atoms with Crippen molar-refractivity contribution >= 4 is 16.0 Å². The topological polar surface area (TPSA) is 72.5 Å². The van der Waals surface area contributed by atoms with Gasteiger partial charge in [0.1, 0.15) is 6.04 Å². The number of esters is 1. The number of rotatable bonds is 15. The highest BCUT2D eigenvalue weighted by atomic mass is 32.2. The monoisotopic (exact) mass is 349 g/mol. The molecule has 0 heterocycles. The fraction of sp³-hybridized carbons (Fsp3) is 0.941. The Morgan fingerprint density at radius 3 is 1.96 bits per heavy atom. The van der Waals surface area contributed by atoms with Crippen molar-refractivity contribution in [1.82, 2.24) is 4.72 Å². The molecule has 6 heteroatoms. The summed E-state index contributed by atoms with van der Waals surface area (Å²) in [6.07, 6.45) is 11.0. The molecule has 0 spiro atoms. The largest absolute Gasteiger partial charge is 0.468 e. The maximum Gasteiger partial charge on any atom is 0.323 e. The molecule has 0 aliphatic carbocycles. The quantitative estimate of drug-likeness (QED) is 0.361. The van der Waals surface area contributed by atoms with Crippen molar-refractivity contribution < 1.29 is 17.9 Å². The third-order valence-electron chi connectivity index (χ3n) is 3.92. The fourth-order valence-corrected chi connectivity index (χ4v) is 3.83. The van der Waals surface area contributed by atoms with Crippen LogP contribution >= 0.6 is 0 Å². The summed E-state index contributed by atoms with van der Waals surface area (Å²) in [5, 5.41) is 0. The second-order valence-corrected chi connectivity index (χ2v) is 8.00. The Hall–Kier alpha value is -0.620. The van der Waals surface area contributed by atoms with Crippen molar-refractivity contribution in [2.75, 3.05) is 12.9 Å². The summed E-state index contributed by atoms with van der Waals surface area (Å²) < 4.78 is 31.3. The Morgan fingerprint density at radius 2 is 1.43 bits per heavy atom. The van der Waals surface area contributed by atoms with Crippen molar-refractivity contribution in [3.05, 3.63) is 0 Å². The van der Waals surface area contributed by atoms with Gasteiger partial charge >= 0.3 is 5.97 Å². The van der Waals surface area contributed by atoms with Crippen LogP contribution in [0.5, 0.6) is 0 Å². The molecule has 1 atom stereocenters. The van der Waals surface area contributed by atoms with E-state index in [1.165, 1.54) is 39.2 Å². The van der Waals surface area contributed by atoms with Gasteiger partial charge in [0.05, 0.1) is 12.9 Å². The molecule has 0 aromatic rings. The molecule has 23 heavy (non-hydrogen) atoms. The van der Waals surface area contributed by atoms with E-state index in [2.05, 4.69) is 16.4 Å². The van der Waals surface area contributed by atoms with Gasteiger partial charge in [-0.3, -0.25) is 4.79 Å². The number of carbonyl (C=O) groups excluding carboxylic acids is 1. The van der Waals surface area contributed by atoms with Gasteiger partial charge in [-0.1, -0.05) is 71.6 Å². The molecular formula is C17H35NO4S. The van der Waals surface area contributed by atoms with E-state index in [1.54, 1.807) is 0 Å². The molecule has 0 saturated heterocycles. The van der Waals surface area contributed by atoms with Crippen molar-refractivity contribution in [3.63, 3.8) is 0 Å². The van der Waals surface area contributed by atoms with Gasteiger partial charge in [-0.2, -0.15) is 0 Å². The average molecular weight is 350 g/mol. The lowest BCUT2D eigenvalue weighted by Crippen LogP contribution is -2.42. The summed E-state index contributed by atoms with van der Waals surface area (Å²) >= 11 is 0. The van der Waals surface area contributed by atoms with E-state index >= 15 is 0 Å². The third kappa shape index (κ3) is 12.5. The predicted octanol–water partition coefficient (Wildman–Crippen LogP) is 3.78. The van der Waals surface area contributed by atoms with Crippen LogP contribution in [0.3, 0.4) is 0 Å². The third-order valence-corrected chi connectivity index (χ3v) is 5.39. The molecule has 0 unspecified atom stereocenters. The van der Waals surface area contributed by atoms with Gasteiger partial charge in [-0.05, 0) is 12.8 Å². The molecule has 138 valence electrons. The number of unbranched alkanes of at least 4 members (excludes halogenated alkanes) is 8. The fourth-order valence-electron chi connectivity index (χ4n) is 2.48. The number of methoxy groups -OCH3 is 1. The predicted molar refractivity (Wildman–Crippen MR) is 94.9 cm³/mol. The Kier molecular flexibility index (Phi) is 13.4. The summed E-state index contributed by atoms with van der Waals surface area (Å²) in [4.78, 5) is 11.6. The molecule has 0 amide bonds. The lowest BCUT2D eigenvalue weighted by molar-refractivity contribution is -0.142. The first-order valence-corrected chi connectivity index (χ1v) is 10.7. The number of nitrogens with one attached hydrogen (secondary N) is 1. The van der Waals surface area contributed by atoms with E-state index in [-0.39, 0.29) is 5.75 Å². The maximum absolute atomic E-state index is 12.1. The molecule has 5 nitrogen and oxygen atoms in total. The molecule has 0 aliphatic rings. The van der Waals surface area contributed by atoms with E-state index < -0.39 is 22.0 Å². The molecule has 0 bridgehead atoms. The summed E-state index contributed by atoms with van der Waals surface area (Å²) in [5.74, 6) is -0.417. The lowest BCUT2D eigenvalue weighted by atomic mass is 10.1. The summed E-state index contributed by atoms with van der Waals surface area (Å²) in [6, 6.07) is -0.751. The zero-order valence-corrected chi connectivity index (χ0v) is 15.9. The van der Waals surface area contributed by atoms with Crippen LogP contribution in [0.1, 0.15) is 84.5 Å². The van der Waals surface area contributed by atoms with Gasteiger partial charge in [0, 0.05) is 0 Å². The van der Waals surface area contributed by atoms with Crippen LogP contribution in [-0.2, 0) is 19.6 Å². The summed E-state index contributed by atoms with van der Waals surface area (Å²) in [6.45, 7) is 4.20. The van der Waals surface area contributed by atoms with Gasteiger partial charge in [0.25, 0.3) is 0 Å². The van der Waals surface area contributed by atoms with Gasteiger partial charge in [-0.25, -0.2) is 13.1 Å². The van der Waals surface area contributed by atoms with Crippen LogP contribution < -0.4 is 4.72 Å². The minimum atomic E-state index is -3.42. The van der Waals surface area contributed by atoms with Gasteiger partial charge in [0.2, 0.25) is 10.0 Å². The first-order chi connectivity index (χ1) is 11.0. The van der Waals surface area contributed by atoms with E-state index in [4.69, 9.17) is 0 Å². The van der Waals surface area contributed by atoms with Crippen molar-refractivity contribution in [2.45, 2.75) is 90.5 Å². The number of ether oxygens (including phenoxy) is 1. The standard InChI is InChI=1S/C17H35NO4S/c1-4-6-8-9-10-11-12-13-15-23(20,21)18-16(14-7-5-2)17(19)22-3/h16,18H,4-15H2,1-3H3/t16-/m1/s1. The Morgan fingerprint density at radius 1 is 0.913 bits per heavy atom. The van der Waals surface area contributed by atoms with Crippen molar-refractivity contribution in [2.24, 2.45) is 0 Å². The van der Waals surface area contributed by atoms with Gasteiger partial charge in [-0.15, -0.1) is 0 Å². The molecule has 0 saturated carbocycles. The molecule has 0 fully saturated rings. The van der Waals surface area contributed by atoms with Gasteiger partial charge in [0.15, 0.2) is 0 Å². The molecule has 0 aliphatic heterocycles. The van der Waals surface area contributed by atoms with Crippen LogP contribution in [0.25, 0.3) is 0 Å². The van der Waals surface area contributed by atoms with E-state index in [9.17, 15) is 13.2 Å². The average Bonchev–Trinajstić information content (AvgIpc) is 2.53. The first-order valence-electron chi connectivity index (χ1n) is 9.04. The highest BCUT2D eigenvalue weighted by Crippen LogP contribution is 2.10.